The highest BCUT2D eigenvalue weighted by Crippen LogP contribution is 2.21. The number of carbonyl (C=O) groups is 11. The van der Waals surface area contributed by atoms with E-state index in [1.165, 1.54) is 0 Å². The topological polar surface area (TPSA) is 526 Å². The summed E-state index contributed by atoms with van der Waals surface area (Å²) in [4.78, 5) is 153. The minimum Gasteiger partial charge on any atom is -0.480 e. The number of hydrogen-bond donors (Lipinski definition) is 18. The number of aliphatic imine (C=N–C) groups is 1. The number of carboxylic acids is 1. The molecule has 0 aliphatic carbocycles. The highest BCUT2D eigenvalue weighted by atomic mass is 16.5. The molecule has 32 heteroatoms. The lowest BCUT2D eigenvalue weighted by Gasteiger charge is -2.32. The average Bonchev–Trinajstić information content (AvgIpc) is 2.96. The van der Waals surface area contributed by atoms with Crippen molar-refractivity contribution in [2.24, 2.45) is 45.7 Å². The largest absolute Gasteiger partial charge is 0.480 e. The zero-order valence-corrected chi connectivity index (χ0v) is 50.9. The Morgan fingerprint density at radius 3 is 1.68 bits per heavy atom. The van der Waals surface area contributed by atoms with Gasteiger partial charge in [0.15, 0.2) is 12.1 Å². The fourth-order valence-electron chi connectivity index (χ4n) is 8.35. The molecule has 22 N–H and O–H groups in total. The molecule has 0 fully saturated rings. The Morgan fingerprint density at radius 2 is 1.16 bits per heavy atom. The Hall–Kier alpha value is -8.72. The van der Waals surface area contributed by atoms with E-state index >= 15 is 0 Å². The number of carbonyl (C=O) groups excluding carboxylic acids is 10. The summed E-state index contributed by atoms with van der Waals surface area (Å²) in [6.45, 7) is 8.54. The van der Waals surface area contributed by atoms with Gasteiger partial charge in [-0.3, -0.25) is 48.1 Å². The van der Waals surface area contributed by atoms with Crippen LogP contribution >= 0.6 is 0 Å². The van der Waals surface area contributed by atoms with Gasteiger partial charge in [-0.1, -0.05) is 90.4 Å². The van der Waals surface area contributed by atoms with Crippen molar-refractivity contribution in [1.82, 2.24) is 47.9 Å². The summed E-state index contributed by atoms with van der Waals surface area (Å²) < 4.78 is 5.42. The van der Waals surface area contributed by atoms with E-state index in [1.54, 1.807) is 101 Å². The molecule has 0 heterocycles. The van der Waals surface area contributed by atoms with Gasteiger partial charge in [0.05, 0.1) is 31.4 Å². The molecule has 0 radical (unpaired) electrons. The molecule has 13 atom stereocenters. The van der Waals surface area contributed by atoms with Crippen LogP contribution in [-0.2, 0) is 59.3 Å². The van der Waals surface area contributed by atoms with Gasteiger partial charge in [0, 0.05) is 26.3 Å². The van der Waals surface area contributed by atoms with Gasteiger partial charge in [0.2, 0.25) is 53.2 Å². The summed E-state index contributed by atoms with van der Waals surface area (Å²) in [5, 5.41) is 72.0. The zero-order valence-electron chi connectivity index (χ0n) is 50.9. The van der Waals surface area contributed by atoms with Crippen molar-refractivity contribution < 1.29 is 83.0 Å². The van der Waals surface area contributed by atoms with E-state index < -0.39 is 163 Å². The van der Waals surface area contributed by atoms with Crippen LogP contribution < -0.4 is 75.7 Å². The van der Waals surface area contributed by atoms with E-state index in [9.17, 15) is 78.3 Å². The first-order chi connectivity index (χ1) is 41.2. The number of carboxylic acid groups (broad SMARTS) is 1. The number of aliphatic hydroxyl groups is 4. The summed E-state index contributed by atoms with van der Waals surface area (Å²) in [6, 6.07) is 0.347. The van der Waals surface area contributed by atoms with Crippen LogP contribution in [0.5, 0.6) is 0 Å². The second-order valence-electron chi connectivity index (χ2n) is 21.9. The second kappa shape index (κ2) is 37.1. The molecule has 88 heavy (non-hydrogen) atoms. The molecular formula is C56H89N15O17. The van der Waals surface area contributed by atoms with E-state index in [-0.39, 0.29) is 50.7 Å². The molecule has 0 saturated heterocycles. The predicted octanol–water partition coefficient (Wildman–Crippen LogP) is -4.98. The fraction of sp³-hybridized carbons (Fsp3) is 0.571. The molecule has 1 unspecified atom stereocenters. The monoisotopic (exact) mass is 1240 g/mol. The summed E-state index contributed by atoms with van der Waals surface area (Å²) in [5.41, 5.74) is 24.7. The van der Waals surface area contributed by atoms with Crippen LogP contribution in [0.3, 0.4) is 0 Å². The van der Waals surface area contributed by atoms with Crippen LogP contribution in [0.4, 0.5) is 10.5 Å². The molecule has 32 nitrogen and oxygen atoms in total. The molecular weight excluding hydrogens is 1150 g/mol. The molecule has 10 amide bonds. The van der Waals surface area contributed by atoms with Gasteiger partial charge in [0.1, 0.15) is 54.9 Å². The number of nitrogens with two attached hydrogens (primary N) is 4. The number of aliphatic hydroxyl groups excluding tert-OH is 4. The second-order valence-corrected chi connectivity index (χ2v) is 21.9. The third-order valence-electron chi connectivity index (χ3n) is 13.7. The lowest BCUT2D eigenvalue weighted by Crippen LogP contribution is -2.63. The minimum atomic E-state index is -2.43. The Bertz CT molecular complexity index is 2700. The van der Waals surface area contributed by atoms with E-state index in [4.69, 9.17) is 27.7 Å². The molecule has 2 aromatic carbocycles. The maximum atomic E-state index is 14.5. The number of aliphatic carboxylic acids is 1. The number of primary amides is 1. The van der Waals surface area contributed by atoms with Gasteiger partial charge in [-0.25, -0.2) is 9.59 Å². The third kappa shape index (κ3) is 24.9. The molecule has 0 spiro atoms. The van der Waals surface area contributed by atoms with Crippen molar-refractivity contribution in [3.05, 3.63) is 65.7 Å². The van der Waals surface area contributed by atoms with Crippen LogP contribution in [-0.4, -0.2) is 197 Å². The molecule has 0 bridgehead atoms. The molecule has 2 aromatic rings. The normalized spacial score (nSPS) is 15.6. The molecule has 2 rings (SSSR count). The number of hydrogen-bond acceptors (Lipinski definition) is 19. The number of ether oxygens (including phenoxy) is 1. The number of rotatable bonds is 37. The maximum Gasteiger partial charge on any atom is 0.408 e. The van der Waals surface area contributed by atoms with Crippen LogP contribution in [0, 0.1) is 17.8 Å². The quantitative estimate of drug-likeness (QED) is 0.0171. The summed E-state index contributed by atoms with van der Waals surface area (Å²) in [7, 11) is 3.64. The first-order valence-corrected chi connectivity index (χ1v) is 28.4. The number of alkyl carbamates (subject to hydrolysis) is 1. The third-order valence-corrected chi connectivity index (χ3v) is 13.7. The highest BCUT2D eigenvalue weighted by Gasteiger charge is 2.40. The van der Waals surface area contributed by atoms with Gasteiger partial charge in [-0.05, 0) is 67.2 Å². The number of nitrogens with zero attached hydrogens (tertiary/aromatic N) is 2. The fourth-order valence-corrected chi connectivity index (χ4v) is 8.35. The van der Waals surface area contributed by atoms with Crippen LogP contribution in [0.1, 0.15) is 91.3 Å². The van der Waals surface area contributed by atoms with Crippen molar-refractivity contribution >= 4 is 76.9 Å². The number of guanidine groups is 1. The summed E-state index contributed by atoms with van der Waals surface area (Å²) >= 11 is 0. The number of nitrogens with one attached hydrogen (secondary N) is 9. The first-order valence-electron chi connectivity index (χ1n) is 28.4. The standard InChI is InChI=1S/C56H89N15O17/c1-10-29(6)39(50(81)68-40(30(7)73)49(80)62-24-37(74)66-43(45(76)46(58)77)53(84)65-36(25-72)54(85)86)67-47(78)34(17-14-22-61-55(59)60)63-48(79)35(23-27(2)3)64-52(83)42(44(75)28(4)5)69-51(82)41(38(57)32-18-20-33(21-19-32)71(8)9)70-56(87)88-26-31-15-12-11-13-16-31/h11-13,15-16,18-21,27-30,34-36,38-45,72-73,75-76H,10,14,17,22-26,57H2,1-9H3,(H2,58,77)(H,62,80)(H,63,79)(H,64,83)(H,65,84)(H,66,74)(H,67,78)(H,68,81)(H,69,82)(H,70,87)(H,85,86)(H4,59,60,61)/t29-,30?,34+,35-,36-,38+,39-,40-,41-,42-,43-,44+,45-/m0/s1. The lowest BCUT2D eigenvalue weighted by molar-refractivity contribution is -0.145. The maximum absolute atomic E-state index is 14.5. The first kappa shape index (κ1) is 75.4. The predicted molar refractivity (Wildman–Crippen MR) is 319 cm³/mol. The van der Waals surface area contributed by atoms with Gasteiger partial charge in [-0.15, -0.1) is 0 Å². The Kier molecular flexibility index (Phi) is 31.8. The van der Waals surface area contributed by atoms with Crippen molar-refractivity contribution in [1.29, 1.82) is 0 Å². The number of benzene rings is 2. The van der Waals surface area contributed by atoms with Gasteiger partial charge < -0.3 is 106 Å². The molecule has 0 saturated carbocycles. The van der Waals surface area contributed by atoms with Crippen molar-refractivity contribution in [2.45, 2.75) is 153 Å². The Balaban J connectivity index is 2.48. The Morgan fingerprint density at radius 1 is 0.625 bits per heavy atom. The summed E-state index contributed by atoms with van der Waals surface area (Å²) in [5.74, 6) is -14.2. The number of amides is 10. The van der Waals surface area contributed by atoms with Gasteiger partial charge >= 0.3 is 12.1 Å². The number of anilines is 1. The Labute approximate surface area is 509 Å². The summed E-state index contributed by atoms with van der Waals surface area (Å²) in [6.07, 6.45) is -6.75. The van der Waals surface area contributed by atoms with Crippen molar-refractivity contribution in [3.63, 3.8) is 0 Å². The van der Waals surface area contributed by atoms with E-state index in [1.807, 2.05) is 24.3 Å². The molecule has 0 aromatic heterocycles. The molecule has 0 aliphatic rings. The van der Waals surface area contributed by atoms with E-state index in [0.717, 1.165) is 12.6 Å². The van der Waals surface area contributed by atoms with Crippen LogP contribution in [0.25, 0.3) is 0 Å². The lowest BCUT2D eigenvalue weighted by atomic mass is 9.95. The molecule has 490 valence electrons. The van der Waals surface area contributed by atoms with Gasteiger partial charge in [0.25, 0.3) is 0 Å². The SMILES string of the molecule is CC[C@H](C)[C@H](NC(=O)[C@@H](CCCN=C(N)N)NC(=O)[C@H](CC(C)C)NC(=O)[C@@H](NC(=O)[C@@H](NC(=O)OCc1ccccc1)[C@H](N)c1ccc(N(C)C)cc1)[C@H](O)C(C)C)C(=O)N[C@H](C(=O)NCC(=O)N[C@H](C(=O)N[C@@H](CO)C(=O)O)[C@H](O)C(N)=O)C(C)O. The van der Waals surface area contributed by atoms with E-state index in [2.05, 4.69) is 42.2 Å². The van der Waals surface area contributed by atoms with Crippen molar-refractivity contribution in [2.75, 3.05) is 38.7 Å². The van der Waals surface area contributed by atoms with Crippen LogP contribution in [0.15, 0.2) is 59.6 Å². The van der Waals surface area contributed by atoms with E-state index in [0.29, 0.717) is 11.1 Å². The van der Waals surface area contributed by atoms with Crippen molar-refractivity contribution in [3.8, 4) is 0 Å². The average molecular weight is 1240 g/mol. The smallest absolute Gasteiger partial charge is 0.408 e. The minimum absolute atomic E-state index is 0.0405. The zero-order chi connectivity index (χ0) is 66.7. The van der Waals surface area contributed by atoms with Crippen LogP contribution in [0.2, 0.25) is 0 Å². The van der Waals surface area contributed by atoms with Gasteiger partial charge in [-0.2, -0.15) is 0 Å². The highest BCUT2D eigenvalue weighted by molar-refractivity contribution is 5.99. The molecule has 0 aliphatic heterocycles.